The summed E-state index contributed by atoms with van der Waals surface area (Å²) in [6.07, 6.45) is 1.58. The summed E-state index contributed by atoms with van der Waals surface area (Å²) >= 11 is 0. The molecule has 1 N–H and O–H groups in total. The molecule has 0 spiro atoms. The highest BCUT2D eigenvalue weighted by molar-refractivity contribution is 5.56. The van der Waals surface area contributed by atoms with Gasteiger partial charge in [-0.15, -0.1) is 5.11 Å². The van der Waals surface area contributed by atoms with Crippen LogP contribution in [0.5, 0.6) is 5.88 Å². The van der Waals surface area contributed by atoms with Crippen molar-refractivity contribution in [2.45, 2.75) is 47.1 Å². The van der Waals surface area contributed by atoms with E-state index in [4.69, 9.17) is 0 Å². The molecule has 0 radical (unpaired) electrons. The molecule has 6 heteroatoms. The van der Waals surface area contributed by atoms with Crippen LogP contribution in [-0.2, 0) is 6.54 Å². The van der Waals surface area contributed by atoms with Crippen LogP contribution in [0, 0.1) is 32.1 Å². The first-order valence-electron chi connectivity index (χ1n) is 8.26. The number of rotatable bonds is 5. The summed E-state index contributed by atoms with van der Waals surface area (Å²) in [6.45, 7) is 7.90. The second kappa shape index (κ2) is 7.75. The molecule has 0 bridgehead atoms. The van der Waals surface area contributed by atoms with Crippen molar-refractivity contribution >= 4 is 11.4 Å². The van der Waals surface area contributed by atoms with Gasteiger partial charge in [-0.25, -0.2) is 0 Å². The van der Waals surface area contributed by atoms with Crippen LogP contribution in [0.2, 0.25) is 0 Å². The van der Waals surface area contributed by atoms with Gasteiger partial charge >= 0.3 is 0 Å². The average Bonchev–Trinajstić information content (AvgIpc) is 2.58. The number of nitrogens with zero attached hydrogens (tertiary/aromatic N) is 4. The summed E-state index contributed by atoms with van der Waals surface area (Å²) in [5.74, 6) is -0.302. The van der Waals surface area contributed by atoms with Crippen molar-refractivity contribution in [3.05, 3.63) is 50.8 Å². The first kappa shape index (κ1) is 18.4. The molecule has 2 rings (SSSR count). The standard InChI is InChI=1S/C19H22N4O2/c1-5-6-9-23-18(24)16(11-20)14(4)17(19(23)25)22-21-15-8-7-12(2)13(3)10-15/h7-8,10,24H,5-6,9H2,1-4H3. The van der Waals surface area contributed by atoms with Gasteiger partial charge in [0.15, 0.2) is 5.69 Å². The summed E-state index contributed by atoms with van der Waals surface area (Å²) in [5.41, 5.74) is 2.91. The zero-order chi connectivity index (χ0) is 18.6. The lowest BCUT2D eigenvalue weighted by molar-refractivity contribution is 0.399. The number of pyridine rings is 1. The third-order valence-corrected chi connectivity index (χ3v) is 4.26. The summed E-state index contributed by atoms with van der Waals surface area (Å²) in [4.78, 5) is 12.7. The number of azo groups is 1. The Bertz CT molecular complexity index is 920. The minimum absolute atomic E-state index is 0.0599. The second-order valence-corrected chi connectivity index (χ2v) is 6.06. The molecule has 130 valence electrons. The fraction of sp³-hybridized carbons (Fsp3) is 0.368. The van der Waals surface area contributed by atoms with Crippen molar-refractivity contribution in [3.63, 3.8) is 0 Å². The fourth-order valence-electron chi connectivity index (χ4n) is 2.48. The molecule has 0 amide bonds. The quantitative estimate of drug-likeness (QED) is 0.810. The Kier molecular flexibility index (Phi) is 5.71. The minimum atomic E-state index is -0.435. The molecule has 0 saturated heterocycles. The summed E-state index contributed by atoms with van der Waals surface area (Å²) in [6, 6.07) is 7.60. The number of hydrogen-bond acceptors (Lipinski definition) is 5. The van der Waals surface area contributed by atoms with Crippen LogP contribution < -0.4 is 5.56 Å². The van der Waals surface area contributed by atoms with Crippen molar-refractivity contribution in [2.75, 3.05) is 0 Å². The number of hydrogen-bond donors (Lipinski definition) is 1. The molecule has 25 heavy (non-hydrogen) atoms. The zero-order valence-corrected chi connectivity index (χ0v) is 15.0. The summed E-state index contributed by atoms with van der Waals surface area (Å²) < 4.78 is 1.20. The van der Waals surface area contributed by atoms with Gasteiger partial charge in [-0.1, -0.05) is 19.4 Å². The molecule has 2 aromatic rings. The Morgan fingerprint density at radius 1 is 1.20 bits per heavy atom. The molecular formula is C19H22N4O2. The average molecular weight is 338 g/mol. The van der Waals surface area contributed by atoms with Crippen molar-refractivity contribution < 1.29 is 5.11 Å². The van der Waals surface area contributed by atoms with Crippen LogP contribution in [0.25, 0.3) is 0 Å². The van der Waals surface area contributed by atoms with Gasteiger partial charge in [-0.2, -0.15) is 10.4 Å². The van der Waals surface area contributed by atoms with Gasteiger partial charge in [0.05, 0.1) is 5.69 Å². The van der Waals surface area contributed by atoms with Crippen LogP contribution >= 0.6 is 0 Å². The van der Waals surface area contributed by atoms with E-state index in [-0.39, 0.29) is 17.1 Å². The lowest BCUT2D eigenvalue weighted by atomic mass is 10.1. The normalized spacial score (nSPS) is 11.0. The Balaban J connectivity index is 2.56. The molecule has 0 atom stereocenters. The van der Waals surface area contributed by atoms with E-state index in [2.05, 4.69) is 10.2 Å². The van der Waals surface area contributed by atoms with E-state index in [0.717, 1.165) is 24.0 Å². The lowest BCUT2D eigenvalue weighted by Crippen LogP contribution is -2.22. The molecule has 0 aliphatic rings. The number of aromatic nitrogens is 1. The summed E-state index contributed by atoms with van der Waals surface area (Å²) in [5, 5.41) is 27.8. The Labute approximate surface area is 147 Å². The van der Waals surface area contributed by atoms with Crippen molar-refractivity contribution in [1.29, 1.82) is 5.26 Å². The van der Waals surface area contributed by atoms with Crippen LogP contribution in [0.15, 0.2) is 33.2 Å². The molecule has 1 heterocycles. The van der Waals surface area contributed by atoms with Gasteiger partial charge in [0.1, 0.15) is 11.6 Å². The highest BCUT2D eigenvalue weighted by Gasteiger charge is 2.18. The van der Waals surface area contributed by atoms with Gasteiger partial charge in [0, 0.05) is 12.1 Å². The zero-order valence-electron chi connectivity index (χ0n) is 15.0. The maximum atomic E-state index is 12.7. The smallest absolute Gasteiger partial charge is 0.281 e. The minimum Gasteiger partial charge on any atom is -0.493 e. The maximum Gasteiger partial charge on any atom is 0.281 e. The molecule has 1 aromatic heterocycles. The van der Waals surface area contributed by atoms with E-state index in [1.54, 1.807) is 6.92 Å². The van der Waals surface area contributed by atoms with Crippen molar-refractivity contribution in [3.8, 4) is 11.9 Å². The maximum absolute atomic E-state index is 12.7. The van der Waals surface area contributed by atoms with Gasteiger partial charge in [0.2, 0.25) is 5.88 Å². The molecule has 0 unspecified atom stereocenters. The predicted molar refractivity (Wildman–Crippen MR) is 96.8 cm³/mol. The van der Waals surface area contributed by atoms with E-state index in [0.29, 0.717) is 17.8 Å². The number of aryl methyl sites for hydroxylation is 2. The molecule has 0 aliphatic carbocycles. The lowest BCUT2D eigenvalue weighted by Gasteiger charge is -2.12. The molecular weight excluding hydrogens is 316 g/mol. The van der Waals surface area contributed by atoms with Crippen LogP contribution in [0.3, 0.4) is 0 Å². The highest BCUT2D eigenvalue weighted by atomic mass is 16.3. The first-order chi connectivity index (χ1) is 11.9. The number of nitriles is 1. The second-order valence-electron chi connectivity index (χ2n) is 6.06. The van der Waals surface area contributed by atoms with E-state index < -0.39 is 5.56 Å². The fourth-order valence-corrected chi connectivity index (χ4v) is 2.48. The molecule has 0 fully saturated rings. The SMILES string of the molecule is CCCCn1c(O)c(C#N)c(C)c(N=Nc2ccc(C)c(C)c2)c1=O. The van der Waals surface area contributed by atoms with E-state index >= 15 is 0 Å². The first-order valence-corrected chi connectivity index (χ1v) is 8.26. The van der Waals surface area contributed by atoms with Crippen molar-refractivity contribution in [2.24, 2.45) is 10.2 Å². The largest absolute Gasteiger partial charge is 0.493 e. The van der Waals surface area contributed by atoms with Crippen molar-refractivity contribution in [1.82, 2.24) is 4.57 Å². The number of unbranched alkanes of at least 4 members (excludes halogenated alkanes) is 1. The Morgan fingerprint density at radius 2 is 1.92 bits per heavy atom. The molecule has 6 nitrogen and oxygen atoms in total. The predicted octanol–water partition coefficient (Wildman–Crippen LogP) is 4.57. The number of aromatic hydroxyl groups is 1. The topological polar surface area (TPSA) is 90.7 Å². The van der Waals surface area contributed by atoms with E-state index in [9.17, 15) is 15.2 Å². The monoisotopic (exact) mass is 338 g/mol. The number of benzene rings is 1. The van der Waals surface area contributed by atoms with Gasteiger partial charge < -0.3 is 5.11 Å². The van der Waals surface area contributed by atoms with Gasteiger partial charge in [0.25, 0.3) is 5.56 Å². The van der Waals surface area contributed by atoms with E-state index in [1.165, 1.54) is 4.57 Å². The molecule has 1 aromatic carbocycles. The Hall–Kier alpha value is -2.94. The molecule has 0 saturated carbocycles. The van der Waals surface area contributed by atoms with Gasteiger partial charge in [-0.05, 0) is 50.5 Å². The van der Waals surface area contributed by atoms with E-state index in [1.807, 2.05) is 45.0 Å². The highest BCUT2D eigenvalue weighted by Crippen LogP contribution is 2.27. The Morgan fingerprint density at radius 3 is 2.52 bits per heavy atom. The van der Waals surface area contributed by atoms with Gasteiger partial charge in [-0.3, -0.25) is 9.36 Å². The molecule has 0 aliphatic heterocycles. The summed E-state index contributed by atoms with van der Waals surface area (Å²) in [7, 11) is 0. The van der Waals surface area contributed by atoms with Crippen LogP contribution in [0.1, 0.15) is 42.0 Å². The third-order valence-electron chi connectivity index (χ3n) is 4.26. The third kappa shape index (κ3) is 3.77. The van der Waals surface area contributed by atoms with Crippen LogP contribution in [0.4, 0.5) is 11.4 Å². The van der Waals surface area contributed by atoms with Crippen LogP contribution in [-0.4, -0.2) is 9.67 Å².